The Balaban J connectivity index is 1.70. The van der Waals surface area contributed by atoms with Crippen LogP contribution >= 0.6 is 11.3 Å². The van der Waals surface area contributed by atoms with Gasteiger partial charge in [-0.05, 0) is 24.1 Å². The normalized spacial score (nSPS) is 17.5. The van der Waals surface area contributed by atoms with Crippen molar-refractivity contribution >= 4 is 17.2 Å². The highest BCUT2D eigenvalue weighted by molar-refractivity contribution is 7.09. The molecule has 2 heterocycles. The fourth-order valence-corrected chi connectivity index (χ4v) is 3.42. The van der Waals surface area contributed by atoms with Gasteiger partial charge in [-0.3, -0.25) is 4.79 Å². The maximum atomic E-state index is 13.8. The number of amides is 1. The summed E-state index contributed by atoms with van der Waals surface area (Å²) < 4.78 is 18.8. The highest BCUT2D eigenvalue weighted by Gasteiger charge is 2.29. The topological polar surface area (TPSA) is 62.7 Å². The lowest BCUT2D eigenvalue weighted by atomic mass is 9.98. The monoisotopic (exact) mass is 336 g/mol. The van der Waals surface area contributed by atoms with Gasteiger partial charge in [0.05, 0.1) is 13.7 Å². The van der Waals surface area contributed by atoms with E-state index in [9.17, 15) is 9.18 Å². The Bertz CT molecular complexity index is 719. The molecule has 1 atom stereocenters. The average Bonchev–Trinajstić information content (AvgIpc) is 3.23. The van der Waals surface area contributed by atoms with Gasteiger partial charge in [-0.1, -0.05) is 6.07 Å². The van der Waals surface area contributed by atoms with Crippen LogP contribution in [0.3, 0.4) is 0 Å². The number of nitrogens with zero attached hydrogens (tertiary/aromatic N) is 2. The molecule has 3 rings (SSSR count). The van der Waals surface area contributed by atoms with Crippen molar-refractivity contribution in [1.82, 2.24) is 9.88 Å². The van der Waals surface area contributed by atoms with Crippen LogP contribution < -0.4 is 4.74 Å². The van der Waals surface area contributed by atoms with Gasteiger partial charge in [-0.15, -0.1) is 11.3 Å². The predicted octanol–water partition coefficient (Wildman–Crippen LogP) is 2.41. The molecule has 1 fully saturated rings. The summed E-state index contributed by atoms with van der Waals surface area (Å²) in [5.74, 6) is -0.201. The van der Waals surface area contributed by atoms with Gasteiger partial charge in [0.1, 0.15) is 10.7 Å². The second-order valence-corrected chi connectivity index (χ2v) is 6.36. The van der Waals surface area contributed by atoms with Crippen molar-refractivity contribution in [3.05, 3.63) is 45.7 Å². The number of rotatable bonds is 4. The van der Waals surface area contributed by atoms with Crippen LogP contribution in [0.4, 0.5) is 4.39 Å². The quantitative estimate of drug-likeness (QED) is 0.931. The molecule has 0 spiro atoms. The first-order valence-corrected chi connectivity index (χ1v) is 8.18. The molecule has 1 aliphatic heterocycles. The number of hydrogen-bond donors (Lipinski definition) is 1. The number of aliphatic hydroxyl groups excluding tert-OH is 1. The SMILES string of the molecule is COc1ccc(C2CCN(C(=O)c3csc(CO)n3)C2)cc1F. The lowest BCUT2D eigenvalue weighted by Crippen LogP contribution is -2.28. The van der Waals surface area contributed by atoms with Crippen molar-refractivity contribution < 1.29 is 19.0 Å². The zero-order chi connectivity index (χ0) is 16.4. The Labute approximate surface area is 137 Å². The summed E-state index contributed by atoms with van der Waals surface area (Å²) in [5, 5.41) is 11.2. The lowest BCUT2D eigenvalue weighted by Gasteiger charge is -2.16. The molecule has 1 saturated heterocycles. The number of aliphatic hydroxyl groups is 1. The predicted molar refractivity (Wildman–Crippen MR) is 84.3 cm³/mol. The fourth-order valence-electron chi connectivity index (χ4n) is 2.80. The molecule has 0 radical (unpaired) electrons. The summed E-state index contributed by atoms with van der Waals surface area (Å²) in [7, 11) is 1.43. The van der Waals surface area contributed by atoms with E-state index < -0.39 is 0 Å². The van der Waals surface area contributed by atoms with Gasteiger partial charge in [0.2, 0.25) is 0 Å². The zero-order valence-corrected chi connectivity index (χ0v) is 13.5. The third kappa shape index (κ3) is 3.20. The van der Waals surface area contributed by atoms with Crippen LogP contribution in [-0.4, -0.2) is 41.1 Å². The van der Waals surface area contributed by atoms with Gasteiger partial charge < -0.3 is 14.7 Å². The van der Waals surface area contributed by atoms with Crippen LogP contribution in [0.2, 0.25) is 0 Å². The molecule has 23 heavy (non-hydrogen) atoms. The molecule has 0 bridgehead atoms. The fraction of sp³-hybridized carbons (Fsp3) is 0.375. The Morgan fingerprint density at radius 2 is 2.39 bits per heavy atom. The first-order valence-electron chi connectivity index (χ1n) is 7.30. The molecule has 1 amide bonds. The molecule has 0 aliphatic carbocycles. The Morgan fingerprint density at radius 3 is 3.04 bits per heavy atom. The number of halogens is 1. The van der Waals surface area contributed by atoms with Crippen LogP contribution in [-0.2, 0) is 6.61 Å². The van der Waals surface area contributed by atoms with Gasteiger partial charge >= 0.3 is 0 Å². The van der Waals surface area contributed by atoms with Crippen molar-refractivity contribution in [1.29, 1.82) is 0 Å². The molecule has 7 heteroatoms. The van der Waals surface area contributed by atoms with Crippen LogP contribution in [0.25, 0.3) is 0 Å². The largest absolute Gasteiger partial charge is 0.494 e. The van der Waals surface area contributed by atoms with Crippen molar-refractivity contribution in [2.45, 2.75) is 18.9 Å². The summed E-state index contributed by atoms with van der Waals surface area (Å²) >= 11 is 1.27. The van der Waals surface area contributed by atoms with Crippen LogP contribution in [0.5, 0.6) is 5.75 Å². The van der Waals surface area contributed by atoms with Crippen LogP contribution in [0, 0.1) is 5.82 Å². The van der Waals surface area contributed by atoms with E-state index in [0.29, 0.717) is 23.8 Å². The smallest absolute Gasteiger partial charge is 0.273 e. The second-order valence-electron chi connectivity index (χ2n) is 5.42. The number of carbonyl (C=O) groups excluding carboxylic acids is 1. The van der Waals surface area contributed by atoms with Gasteiger partial charge in [-0.2, -0.15) is 0 Å². The van der Waals surface area contributed by atoms with Crippen molar-refractivity contribution in [2.75, 3.05) is 20.2 Å². The van der Waals surface area contributed by atoms with E-state index in [0.717, 1.165) is 12.0 Å². The Hall–Kier alpha value is -1.99. The van der Waals surface area contributed by atoms with Crippen molar-refractivity contribution in [3.63, 3.8) is 0 Å². The van der Waals surface area contributed by atoms with Crippen LogP contribution in [0.1, 0.15) is 33.4 Å². The second kappa shape index (κ2) is 6.64. The lowest BCUT2D eigenvalue weighted by molar-refractivity contribution is 0.0785. The van der Waals surface area contributed by atoms with E-state index in [-0.39, 0.29) is 30.0 Å². The number of benzene rings is 1. The molecule has 1 aromatic heterocycles. The van der Waals surface area contributed by atoms with E-state index in [2.05, 4.69) is 4.98 Å². The number of thiazole rings is 1. The number of methoxy groups -OCH3 is 1. The summed E-state index contributed by atoms with van der Waals surface area (Å²) in [4.78, 5) is 18.2. The third-order valence-corrected chi connectivity index (χ3v) is 4.86. The first-order chi connectivity index (χ1) is 11.1. The molecule has 0 saturated carbocycles. The van der Waals surface area contributed by atoms with Gasteiger partial charge in [0.15, 0.2) is 11.6 Å². The van der Waals surface area contributed by atoms with Crippen molar-refractivity contribution in [2.24, 2.45) is 0 Å². The molecule has 1 aromatic carbocycles. The molecule has 122 valence electrons. The number of ether oxygens (including phenoxy) is 1. The molecular formula is C16H17FN2O3S. The maximum absolute atomic E-state index is 13.8. The van der Waals surface area contributed by atoms with Gasteiger partial charge in [0, 0.05) is 24.4 Å². The molecule has 5 nitrogen and oxygen atoms in total. The summed E-state index contributed by atoms with van der Waals surface area (Å²) in [6, 6.07) is 4.93. The maximum Gasteiger partial charge on any atom is 0.273 e. The summed E-state index contributed by atoms with van der Waals surface area (Å²) in [6.45, 7) is 0.991. The molecule has 1 N–H and O–H groups in total. The molecule has 2 aromatic rings. The molecule has 1 aliphatic rings. The van der Waals surface area contributed by atoms with Gasteiger partial charge in [0.25, 0.3) is 5.91 Å². The minimum atomic E-state index is -0.387. The minimum absolute atomic E-state index is 0.107. The Kier molecular flexibility index (Phi) is 4.58. The Morgan fingerprint density at radius 1 is 1.57 bits per heavy atom. The average molecular weight is 336 g/mol. The van der Waals surface area contributed by atoms with Gasteiger partial charge in [-0.25, -0.2) is 9.37 Å². The molecule has 1 unspecified atom stereocenters. The first kappa shape index (κ1) is 15.9. The summed E-state index contributed by atoms with van der Waals surface area (Å²) in [5.41, 5.74) is 1.23. The summed E-state index contributed by atoms with van der Waals surface area (Å²) in [6.07, 6.45) is 0.786. The van der Waals surface area contributed by atoms with E-state index in [4.69, 9.17) is 9.84 Å². The number of carbonyl (C=O) groups is 1. The number of aromatic nitrogens is 1. The highest BCUT2D eigenvalue weighted by Crippen LogP contribution is 2.30. The van der Waals surface area contributed by atoms with E-state index >= 15 is 0 Å². The van der Waals surface area contributed by atoms with E-state index in [1.807, 2.05) is 6.07 Å². The number of hydrogen-bond acceptors (Lipinski definition) is 5. The zero-order valence-electron chi connectivity index (χ0n) is 12.7. The van der Waals surface area contributed by atoms with Crippen molar-refractivity contribution in [3.8, 4) is 5.75 Å². The van der Waals surface area contributed by atoms with Crippen LogP contribution in [0.15, 0.2) is 23.6 Å². The standard InChI is InChI=1S/C16H17FN2O3S/c1-22-14-3-2-10(6-12(14)17)11-4-5-19(7-11)16(21)13-9-23-15(8-20)18-13/h2-3,6,9,11,20H,4-5,7-8H2,1H3. The van der Waals surface area contributed by atoms with E-state index in [1.54, 1.807) is 16.3 Å². The highest BCUT2D eigenvalue weighted by atomic mass is 32.1. The van der Waals surface area contributed by atoms with E-state index in [1.165, 1.54) is 24.5 Å². The number of likely N-dealkylation sites (tertiary alicyclic amines) is 1. The molecular weight excluding hydrogens is 319 g/mol. The minimum Gasteiger partial charge on any atom is -0.494 e. The third-order valence-electron chi connectivity index (χ3n) is 4.03.